The van der Waals surface area contributed by atoms with Crippen molar-refractivity contribution in [2.45, 2.75) is 57.8 Å². The van der Waals surface area contributed by atoms with Crippen molar-refractivity contribution in [3.05, 3.63) is 16.7 Å². The molecular formula is C15H20O3S. The molecule has 3 nitrogen and oxygen atoms in total. The van der Waals surface area contributed by atoms with Gasteiger partial charge in [-0.1, -0.05) is 25.6 Å². The standard InChI is InChI=1S/C15H20O3S/c1-6-11(16)17-13-8(3)9(4)14-15(10(13)5)19-12(7-2)18-14/h12H,6-7H2,1-5H3. The Morgan fingerprint density at radius 2 is 1.89 bits per heavy atom. The summed E-state index contributed by atoms with van der Waals surface area (Å²) in [5.74, 6) is 1.47. The summed E-state index contributed by atoms with van der Waals surface area (Å²) in [7, 11) is 0. The Kier molecular flexibility index (Phi) is 4.09. The van der Waals surface area contributed by atoms with Gasteiger partial charge in [0.2, 0.25) is 0 Å². The molecular weight excluding hydrogens is 260 g/mol. The fourth-order valence-corrected chi connectivity index (χ4v) is 3.29. The second-order valence-corrected chi connectivity index (χ2v) is 5.93. The lowest BCUT2D eigenvalue weighted by Gasteiger charge is -2.15. The number of esters is 1. The van der Waals surface area contributed by atoms with Crippen LogP contribution in [0.3, 0.4) is 0 Å². The van der Waals surface area contributed by atoms with Gasteiger partial charge >= 0.3 is 5.97 Å². The first kappa shape index (κ1) is 14.3. The van der Waals surface area contributed by atoms with E-state index < -0.39 is 0 Å². The average Bonchev–Trinajstić information content (AvgIpc) is 2.85. The first-order valence-corrected chi connectivity index (χ1v) is 7.55. The maximum atomic E-state index is 11.6. The molecule has 19 heavy (non-hydrogen) atoms. The Labute approximate surface area is 118 Å². The van der Waals surface area contributed by atoms with Crippen LogP contribution in [0, 0.1) is 20.8 Å². The molecule has 2 rings (SSSR count). The summed E-state index contributed by atoms with van der Waals surface area (Å²) < 4.78 is 11.4. The van der Waals surface area contributed by atoms with Gasteiger partial charge < -0.3 is 9.47 Å². The number of benzene rings is 1. The lowest BCUT2D eigenvalue weighted by Crippen LogP contribution is -2.09. The van der Waals surface area contributed by atoms with Gasteiger partial charge in [0.25, 0.3) is 0 Å². The molecule has 104 valence electrons. The van der Waals surface area contributed by atoms with E-state index in [4.69, 9.17) is 9.47 Å². The van der Waals surface area contributed by atoms with E-state index in [1.54, 1.807) is 18.7 Å². The molecule has 0 N–H and O–H groups in total. The van der Waals surface area contributed by atoms with E-state index in [1.807, 2.05) is 20.8 Å². The molecule has 0 fully saturated rings. The van der Waals surface area contributed by atoms with Gasteiger partial charge in [0.15, 0.2) is 0 Å². The fraction of sp³-hybridized carbons (Fsp3) is 0.533. The predicted octanol–water partition coefficient (Wildman–Crippen LogP) is 4.15. The molecule has 0 amide bonds. The normalized spacial score (nSPS) is 17.0. The van der Waals surface area contributed by atoms with E-state index in [-0.39, 0.29) is 11.4 Å². The number of hydrogen-bond donors (Lipinski definition) is 0. The van der Waals surface area contributed by atoms with Crippen LogP contribution in [0.15, 0.2) is 4.90 Å². The van der Waals surface area contributed by atoms with Crippen molar-refractivity contribution in [3.8, 4) is 11.5 Å². The smallest absolute Gasteiger partial charge is 0.310 e. The van der Waals surface area contributed by atoms with Gasteiger partial charge in [0.05, 0.1) is 4.90 Å². The third kappa shape index (κ3) is 2.46. The predicted molar refractivity (Wildman–Crippen MR) is 77.1 cm³/mol. The molecule has 1 atom stereocenters. The Hall–Kier alpha value is -1.16. The summed E-state index contributed by atoms with van der Waals surface area (Å²) in [6, 6.07) is 0. The third-order valence-corrected chi connectivity index (χ3v) is 4.89. The first-order valence-electron chi connectivity index (χ1n) is 6.67. The Morgan fingerprint density at radius 3 is 2.47 bits per heavy atom. The minimum absolute atomic E-state index is 0.170. The number of ether oxygens (including phenoxy) is 2. The molecule has 1 unspecified atom stereocenters. The van der Waals surface area contributed by atoms with E-state index in [2.05, 4.69) is 6.92 Å². The Balaban J connectivity index is 2.48. The molecule has 0 aromatic heterocycles. The van der Waals surface area contributed by atoms with E-state index in [1.165, 1.54) is 0 Å². The van der Waals surface area contributed by atoms with E-state index in [0.717, 1.165) is 33.8 Å². The third-order valence-electron chi connectivity index (χ3n) is 3.47. The quantitative estimate of drug-likeness (QED) is 0.615. The second-order valence-electron chi connectivity index (χ2n) is 4.76. The summed E-state index contributed by atoms with van der Waals surface area (Å²) in [6.45, 7) is 9.92. The number of carbonyl (C=O) groups excluding carboxylic acids is 1. The first-order chi connectivity index (χ1) is 8.99. The van der Waals surface area contributed by atoms with Gasteiger partial charge in [-0.2, -0.15) is 0 Å². The van der Waals surface area contributed by atoms with Crippen molar-refractivity contribution in [1.29, 1.82) is 0 Å². The molecule has 1 aliphatic heterocycles. The van der Waals surface area contributed by atoms with Crippen LogP contribution in [0.4, 0.5) is 0 Å². The molecule has 1 aliphatic rings. The number of carbonyl (C=O) groups is 1. The number of rotatable bonds is 3. The minimum Gasteiger partial charge on any atom is -0.478 e. The zero-order valence-electron chi connectivity index (χ0n) is 12.1. The summed E-state index contributed by atoms with van der Waals surface area (Å²) >= 11 is 1.72. The monoisotopic (exact) mass is 280 g/mol. The highest BCUT2D eigenvalue weighted by atomic mass is 32.2. The fourth-order valence-electron chi connectivity index (χ4n) is 2.14. The van der Waals surface area contributed by atoms with Gasteiger partial charge in [-0.05, 0) is 38.3 Å². The highest BCUT2D eigenvalue weighted by Crippen LogP contribution is 2.50. The van der Waals surface area contributed by atoms with Crippen LogP contribution in [-0.4, -0.2) is 11.4 Å². The van der Waals surface area contributed by atoms with Gasteiger partial charge in [0, 0.05) is 12.0 Å². The Bertz CT molecular complexity index is 523. The van der Waals surface area contributed by atoms with E-state index in [9.17, 15) is 4.79 Å². The Morgan fingerprint density at radius 1 is 1.21 bits per heavy atom. The van der Waals surface area contributed by atoms with Crippen molar-refractivity contribution in [2.24, 2.45) is 0 Å². The van der Waals surface area contributed by atoms with Crippen molar-refractivity contribution in [2.75, 3.05) is 0 Å². The van der Waals surface area contributed by atoms with Crippen LogP contribution >= 0.6 is 11.8 Å². The molecule has 0 spiro atoms. The van der Waals surface area contributed by atoms with Crippen LogP contribution in [0.25, 0.3) is 0 Å². The lowest BCUT2D eigenvalue weighted by molar-refractivity contribution is -0.134. The van der Waals surface area contributed by atoms with Crippen molar-refractivity contribution in [1.82, 2.24) is 0 Å². The van der Waals surface area contributed by atoms with Crippen LogP contribution in [0.1, 0.15) is 43.4 Å². The highest BCUT2D eigenvalue weighted by Gasteiger charge is 2.29. The zero-order valence-corrected chi connectivity index (χ0v) is 12.9. The van der Waals surface area contributed by atoms with Gasteiger partial charge in [0.1, 0.15) is 16.9 Å². The number of hydrogen-bond acceptors (Lipinski definition) is 4. The minimum atomic E-state index is -0.193. The number of fused-ring (bicyclic) bond motifs is 1. The molecule has 0 radical (unpaired) electrons. The van der Waals surface area contributed by atoms with Crippen LogP contribution in [0.5, 0.6) is 11.5 Å². The SMILES string of the molecule is CCC(=O)Oc1c(C)c(C)c2c(c1C)SC(CC)O2. The number of thioether (sulfide) groups is 1. The van der Waals surface area contributed by atoms with Gasteiger partial charge in [-0.3, -0.25) is 4.79 Å². The topological polar surface area (TPSA) is 35.5 Å². The summed E-state index contributed by atoms with van der Waals surface area (Å²) in [6.07, 6.45) is 1.34. The lowest BCUT2D eigenvalue weighted by atomic mass is 10.0. The largest absolute Gasteiger partial charge is 0.478 e. The van der Waals surface area contributed by atoms with Gasteiger partial charge in [-0.15, -0.1) is 0 Å². The maximum Gasteiger partial charge on any atom is 0.310 e. The molecule has 1 aromatic rings. The summed E-state index contributed by atoms with van der Waals surface area (Å²) in [4.78, 5) is 12.7. The summed E-state index contributed by atoms with van der Waals surface area (Å²) in [5.41, 5.74) is 3.25. The summed E-state index contributed by atoms with van der Waals surface area (Å²) in [5, 5.41) is 0. The molecule has 0 saturated carbocycles. The molecule has 0 aliphatic carbocycles. The van der Waals surface area contributed by atoms with E-state index >= 15 is 0 Å². The van der Waals surface area contributed by atoms with Gasteiger partial charge in [-0.25, -0.2) is 0 Å². The van der Waals surface area contributed by atoms with E-state index in [0.29, 0.717) is 12.2 Å². The van der Waals surface area contributed by atoms with Crippen LogP contribution < -0.4 is 9.47 Å². The molecule has 0 saturated heterocycles. The molecule has 4 heteroatoms. The highest BCUT2D eigenvalue weighted by molar-refractivity contribution is 8.00. The van der Waals surface area contributed by atoms with Crippen molar-refractivity contribution < 1.29 is 14.3 Å². The zero-order chi connectivity index (χ0) is 14.2. The van der Waals surface area contributed by atoms with Crippen LogP contribution in [0.2, 0.25) is 0 Å². The van der Waals surface area contributed by atoms with Crippen molar-refractivity contribution >= 4 is 17.7 Å². The maximum absolute atomic E-state index is 11.6. The van der Waals surface area contributed by atoms with Crippen LogP contribution in [-0.2, 0) is 4.79 Å². The average molecular weight is 280 g/mol. The molecule has 1 heterocycles. The second kappa shape index (κ2) is 5.45. The molecule has 0 bridgehead atoms. The van der Waals surface area contributed by atoms with Crippen molar-refractivity contribution in [3.63, 3.8) is 0 Å². The molecule has 1 aromatic carbocycles.